The summed E-state index contributed by atoms with van der Waals surface area (Å²) in [5.41, 5.74) is -0.855. The van der Waals surface area contributed by atoms with Gasteiger partial charge in [-0.15, -0.1) is 47.1 Å². The van der Waals surface area contributed by atoms with Crippen molar-refractivity contribution in [2.24, 2.45) is 4.99 Å². The van der Waals surface area contributed by atoms with E-state index < -0.39 is 11.9 Å². The SMILES string of the molecule is CCNC(=NCc1nc(C(F)(F)F)cs1)NCC1(Sc2ccccc2)CC1.I. The van der Waals surface area contributed by atoms with Gasteiger partial charge < -0.3 is 10.6 Å². The van der Waals surface area contributed by atoms with Crippen LogP contribution in [0.25, 0.3) is 0 Å². The van der Waals surface area contributed by atoms with E-state index in [-0.39, 0.29) is 35.3 Å². The Balaban J connectivity index is 0.00000280. The second-order valence-electron chi connectivity index (χ2n) is 6.27. The van der Waals surface area contributed by atoms with E-state index in [2.05, 4.69) is 32.7 Å². The van der Waals surface area contributed by atoms with Gasteiger partial charge in [0.15, 0.2) is 11.7 Å². The Hall–Kier alpha value is -1.01. The molecule has 0 atom stereocenters. The van der Waals surface area contributed by atoms with Gasteiger partial charge in [0, 0.05) is 28.1 Å². The number of hydrogen-bond acceptors (Lipinski definition) is 4. The smallest absolute Gasteiger partial charge is 0.357 e. The summed E-state index contributed by atoms with van der Waals surface area (Å²) in [7, 11) is 0. The Bertz CT molecular complexity index is 777. The number of thiazole rings is 1. The summed E-state index contributed by atoms with van der Waals surface area (Å²) in [6, 6.07) is 10.3. The van der Waals surface area contributed by atoms with Gasteiger partial charge in [-0.3, -0.25) is 0 Å². The van der Waals surface area contributed by atoms with Crippen LogP contribution in [0.1, 0.15) is 30.5 Å². The lowest BCUT2D eigenvalue weighted by atomic mass is 10.4. The van der Waals surface area contributed by atoms with Gasteiger partial charge in [0.1, 0.15) is 5.01 Å². The molecule has 1 saturated carbocycles. The van der Waals surface area contributed by atoms with Crippen molar-refractivity contribution >= 4 is 53.0 Å². The first-order valence-corrected chi connectivity index (χ1v) is 10.4. The predicted molar refractivity (Wildman–Crippen MR) is 120 cm³/mol. The fourth-order valence-corrected chi connectivity index (χ4v) is 4.41. The van der Waals surface area contributed by atoms with Crippen molar-refractivity contribution < 1.29 is 13.2 Å². The van der Waals surface area contributed by atoms with Crippen molar-refractivity contribution in [3.05, 3.63) is 46.4 Å². The van der Waals surface area contributed by atoms with Gasteiger partial charge in [-0.25, -0.2) is 9.98 Å². The fraction of sp³-hybridized carbons (Fsp3) is 0.444. The number of alkyl halides is 3. The normalized spacial score (nSPS) is 15.6. The van der Waals surface area contributed by atoms with Crippen LogP contribution in [0.4, 0.5) is 13.2 Å². The molecule has 0 amide bonds. The van der Waals surface area contributed by atoms with E-state index in [1.807, 2.05) is 36.9 Å². The highest BCUT2D eigenvalue weighted by Gasteiger charge is 2.43. The molecule has 28 heavy (non-hydrogen) atoms. The zero-order valence-electron chi connectivity index (χ0n) is 15.3. The van der Waals surface area contributed by atoms with Crippen LogP contribution in [-0.2, 0) is 12.7 Å². The van der Waals surface area contributed by atoms with Gasteiger partial charge in [-0.1, -0.05) is 18.2 Å². The summed E-state index contributed by atoms with van der Waals surface area (Å²) in [6.45, 7) is 3.50. The largest absolute Gasteiger partial charge is 0.434 e. The summed E-state index contributed by atoms with van der Waals surface area (Å²) in [5, 5.41) is 7.84. The van der Waals surface area contributed by atoms with E-state index in [1.54, 1.807) is 0 Å². The molecule has 0 bridgehead atoms. The molecule has 1 aliphatic rings. The number of aliphatic imine (C=N–C) groups is 1. The molecule has 0 radical (unpaired) electrons. The minimum Gasteiger partial charge on any atom is -0.357 e. The van der Waals surface area contributed by atoms with Crippen molar-refractivity contribution in [1.82, 2.24) is 15.6 Å². The molecule has 10 heteroatoms. The quantitative estimate of drug-likeness (QED) is 0.289. The number of nitrogens with one attached hydrogen (secondary N) is 2. The average Bonchev–Trinajstić information content (AvgIpc) is 3.21. The highest BCUT2D eigenvalue weighted by molar-refractivity contribution is 14.0. The first-order valence-electron chi connectivity index (χ1n) is 8.68. The van der Waals surface area contributed by atoms with E-state index in [9.17, 15) is 13.2 Å². The number of hydrogen-bond donors (Lipinski definition) is 2. The van der Waals surface area contributed by atoms with E-state index in [0.717, 1.165) is 36.1 Å². The maximum absolute atomic E-state index is 12.6. The molecule has 1 fully saturated rings. The third-order valence-electron chi connectivity index (χ3n) is 4.02. The van der Waals surface area contributed by atoms with Crippen LogP contribution in [0.2, 0.25) is 0 Å². The minimum absolute atomic E-state index is 0. The van der Waals surface area contributed by atoms with Crippen LogP contribution in [0, 0.1) is 0 Å². The summed E-state index contributed by atoms with van der Waals surface area (Å²) in [4.78, 5) is 9.24. The molecule has 1 aliphatic carbocycles. The van der Waals surface area contributed by atoms with E-state index in [1.165, 1.54) is 4.90 Å². The van der Waals surface area contributed by atoms with Crippen LogP contribution in [0.5, 0.6) is 0 Å². The number of rotatable bonds is 7. The standard InChI is InChI=1S/C18H21F3N4S2.HI/c1-2-22-16(23-10-15-25-14(11-26-15)18(19,20)21)24-12-17(8-9-17)27-13-6-4-3-5-7-13;/h3-7,11H,2,8-10,12H2,1H3,(H2,22,23,24);1H. The molecule has 1 heterocycles. The Morgan fingerprint density at radius 1 is 1.25 bits per heavy atom. The second kappa shape index (κ2) is 10.1. The molecule has 1 aromatic carbocycles. The van der Waals surface area contributed by atoms with Crippen molar-refractivity contribution in [3.63, 3.8) is 0 Å². The molecule has 0 aliphatic heterocycles. The highest BCUT2D eigenvalue weighted by Crippen LogP contribution is 2.51. The summed E-state index contributed by atoms with van der Waals surface area (Å²) < 4.78 is 38.1. The van der Waals surface area contributed by atoms with Crippen LogP contribution in [0.3, 0.4) is 0 Å². The first kappa shape index (κ1) is 23.3. The van der Waals surface area contributed by atoms with E-state index in [0.29, 0.717) is 17.5 Å². The molecule has 0 unspecified atom stereocenters. The number of halogens is 4. The Morgan fingerprint density at radius 3 is 2.54 bits per heavy atom. The lowest BCUT2D eigenvalue weighted by Gasteiger charge is -2.18. The Labute approximate surface area is 187 Å². The fourth-order valence-electron chi connectivity index (χ4n) is 2.44. The average molecular weight is 542 g/mol. The molecule has 154 valence electrons. The molecule has 2 aromatic rings. The third-order valence-corrected chi connectivity index (χ3v) is 6.35. The zero-order chi connectivity index (χ0) is 19.3. The Kier molecular flexibility index (Phi) is 8.44. The molecule has 0 spiro atoms. The highest BCUT2D eigenvalue weighted by atomic mass is 127. The van der Waals surface area contributed by atoms with Gasteiger partial charge in [0.05, 0.1) is 6.54 Å². The van der Waals surface area contributed by atoms with Crippen molar-refractivity contribution in [2.75, 3.05) is 13.1 Å². The molecule has 3 rings (SSSR count). The van der Waals surface area contributed by atoms with E-state index in [4.69, 9.17) is 0 Å². The topological polar surface area (TPSA) is 49.3 Å². The summed E-state index contributed by atoms with van der Waals surface area (Å²) in [5.74, 6) is 0.598. The first-order chi connectivity index (χ1) is 12.9. The molecule has 4 nitrogen and oxygen atoms in total. The van der Waals surface area contributed by atoms with Gasteiger partial charge in [-0.2, -0.15) is 13.2 Å². The molecule has 2 N–H and O–H groups in total. The van der Waals surface area contributed by atoms with Gasteiger partial charge >= 0.3 is 6.18 Å². The number of benzene rings is 1. The van der Waals surface area contributed by atoms with Crippen LogP contribution in [-0.4, -0.2) is 28.8 Å². The maximum atomic E-state index is 12.6. The Morgan fingerprint density at radius 2 is 1.96 bits per heavy atom. The minimum atomic E-state index is -4.41. The summed E-state index contributed by atoms with van der Waals surface area (Å²) in [6.07, 6.45) is -2.16. The van der Waals surface area contributed by atoms with Crippen LogP contribution < -0.4 is 10.6 Å². The van der Waals surface area contributed by atoms with E-state index >= 15 is 0 Å². The number of guanidine groups is 1. The van der Waals surface area contributed by atoms with Crippen molar-refractivity contribution in [1.29, 1.82) is 0 Å². The third kappa shape index (κ3) is 6.80. The predicted octanol–water partition coefficient (Wildman–Crippen LogP) is 5.16. The van der Waals surface area contributed by atoms with Crippen LogP contribution >= 0.6 is 47.1 Å². The molecular weight excluding hydrogens is 520 g/mol. The second-order valence-corrected chi connectivity index (χ2v) is 8.76. The maximum Gasteiger partial charge on any atom is 0.434 e. The van der Waals surface area contributed by atoms with Crippen molar-refractivity contribution in [3.8, 4) is 0 Å². The number of nitrogens with zero attached hydrogens (tertiary/aromatic N) is 2. The molecule has 0 saturated heterocycles. The number of thioether (sulfide) groups is 1. The monoisotopic (exact) mass is 542 g/mol. The van der Waals surface area contributed by atoms with Gasteiger partial charge in [0.2, 0.25) is 0 Å². The summed E-state index contributed by atoms with van der Waals surface area (Å²) >= 11 is 2.83. The zero-order valence-corrected chi connectivity index (χ0v) is 19.2. The lowest BCUT2D eigenvalue weighted by Crippen LogP contribution is -2.41. The van der Waals surface area contributed by atoms with Gasteiger partial charge in [-0.05, 0) is 31.9 Å². The van der Waals surface area contributed by atoms with Gasteiger partial charge in [0.25, 0.3) is 0 Å². The molecular formula is C18H22F3IN4S2. The number of aromatic nitrogens is 1. The van der Waals surface area contributed by atoms with Crippen molar-refractivity contribution in [2.45, 2.75) is 42.1 Å². The van der Waals surface area contributed by atoms with Crippen LogP contribution in [0.15, 0.2) is 45.6 Å². The lowest BCUT2D eigenvalue weighted by molar-refractivity contribution is -0.140. The molecule has 1 aromatic heterocycles.